The van der Waals surface area contributed by atoms with Crippen molar-refractivity contribution in [1.29, 1.82) is 0 Å². The molecule has 2 heterocycles. The Morgan fingerprint density at radius 3 is 2.69 bits per heavy atom. The second kappa shape index (κ2) is 9.50. The van der Waals surface area contributed by atoms with Gasteiger partial charge in [0, 0.05) is 25.2 Å². The van der Waals surface area contributed by atoms with Gasteiger partial charge in [0.1, 0.15) is 4.88 Å². The van der Waals surface area contributed by atoms with E-state index in [1.54, 1.807) is 0 Å². The van der Waals surface area contributed by atoms with Crippen LogP contribution >= 0.6 is 11.3 Å². The van der Waals surface area contributed by atoms with Crippen LogP contribution < -0.4 is 11.1 Å². The van der Waals surface area contributed by atoms with Crippen LogP contribution in [0.3, 0.4) is 0 Å². The van der Waals surface area contributed by atoms with Crippen molar-refractivity contribution in [1.82, 2.24) is 9.88 Å². The molecule has 0 radical (unpaired) electrons. The summed E-state index contributed by atoms with van der Waals surface area (Å²) in [7, 11) is 0. The number of amides is 2. The maximum atomic E-state index is 12.6. The molecule has 0 aliphatic carbocycles. The van der Waals surface area contributed by atoms with Crippen molar-refractivity contribution in [3.63, 3.8) is 0 Å². The SMILES string of the molecule is Cc1nc(CC(C)C)sc1C(=O)Nc1ccc(CN2CCCC(C(N)=O)C2)cc1. The highest BCUT2D eigenvalue weighted by Gasteiger charge is 2.23. The number of hydrogen-bond acceptors (Lipinski definition) is 5. The monoisotopic (exact) mass is 414 g/mol. The van der Waals surface area contributed by atoms with Crippen LogP contribution in [0.15, 0.2) is 24.3 Å². The largest absolute Gasteiger partial charge is 0.369 e. The van der Waals surface area contributed by atoms with Gasteiger partial charge in [0.05, 0.1) is 16.6 Å². The molecule has 1 aliphatic heterocycles. The topological polar surface area (TPSA) is 88.3 Å². The summed E-state index contributed by atoms with van der Waals surface area (Å²) in [6.45, 7) is 8.66. The van der Waals surface area contributed by atoms with Crippen molar-refractivity contribution < 1.29 is 9.59 Å². The molecule has 1 fully saturated rings. The van der Waals surface area contributed by atoms with E-state index in [2.05, 4.69) is 29.0 Å². The van der Waals surface area contributed by atoms with Gasteiger partial charge in [-0.15, -0.1) is 11.3 Å². The molecule has 3 rings (SSSR count). The second-order valence-corrected chi connectivity index (χ2v) is 9.33. The average Bonchev–Trinajstić information content (AvgIpc) is 3.03. The third-order valence-electron chi connectivity index (χ3n) is 5.16. The predicted molar refractivity (Wildman–Crippen MR) is 117 cm³/mol. The van der Waals surface area contributed by atoms with Crippen LogP contribution in [0.25, 0.3) is 0 Å². The zero-order valence-electron chi connectivity index (χ0n) is 17.4. The van der Waals surface area contributed by atoms with Crippen LogP contribution in [-0.4, -0.2) is 34.8 Å². The Morgan fingerprint density at radius 1 is 1.31 bits per heavy atom. The number of aromatic nitrogens is 1. The van der Waals surface area contributed by atoms with Gasteiger partial charge in [0.2, 0.25) is 5.91 Å². The van der Waals surface area contributed by atoms with Crippen molar-refractivity contribution in [2.24, 2.45) is 17.6 Å². The molecule has 3 N–H and O–H groups in total. The Balaban J connectivity index is 1.58. The van der Waals surface area contributed by atoms with Gasteiger partial charge in [0.15, 0.2) is 0 Å². The van der Waals surface area contributed by atoms with Gasteiger partial charge in [0.25, 0.3) is 5.91 Å². The number of nitrogens with two attached hydrogens (primary N) is 1. The molecule has 1 atom stereocenters. The molecule has 2 aromatic rings. The number of anilines is 1. The first kappa shape index (κ1) is 21.5. The number of aryl methyl sites for hydroxylation is 1. The van der Waals surface area contributed by atoms with Crippen LogP contribution in [0.4, 0.5) is 5.69 Å². The summed E-state index contributed by atoms with van der Waals surface area (Å²) in [5, 5.41) is 3.98. The lowest BCUT2D eigenvalue weighted by Gasteiger charge is -2.31. The van der Waals surface area contributed by atoms with Gasteiger partial charge >= 0.3 is 0 Å². The summed E-state index contributed by atoms with van der Waals surface area (Å²) in [6, 6.07) is 7.89. The average molecular weight is 415 g/mol. The van der Waals surface area contributed by atoms with E-state index >= 15 is 0 Å². The van der Waals surface area contributed by atoms with Crippen molar-refractivity contribution in [3.8, 4) is 0 Å². The van der Waals surface area contributed by atoms with E-state index in [1.807, 2.05) is 31.2 Å². The summed E-state index contributed by atoms with van der Waals surface area (Å²) in [4.78, 5) is 31.6. The zero-order chi connectivity index (χ0) is 21.0. The third kappa shape index (κ3) is 5.87. The minimum absolute atomic E-state index is 0.0504. The number of benzene rings is 1. The van der Waals surface area contributed by atoms with E-state index in [0.717, 1.165) is 60.8 Å². The van der Waals surface area contributed by atoms with Gasteiger partial charge in [-0.25, -0.2) is 4.98 Å². The minimum atomic E-state index is -0.206. The lowest BCUT2D eigenvalue weighted by atomic mass is 9.97. The van der Waals surface area contributed by atoms with E-state index < -0.39 is 0 Å². The van der Waals surface area contributed by atoms with Crippen molar-refractivity contribution >= 4 is 28.8 Å². The van der Waals surface area contributed by atoms with Crippen LogP contribution in [0.1, 0.15) is 52.6 Å². The number of rotatable bonds is 7. The number of likely N-dealkylation sites (tertiary alicyclic amines) is 1. The smallest absolute Gasteiger partial charge is 0.267 e. The van der Waals surface area contributed by atoms with Gasteiger partial charge in [-0.3, -0.25) is 14.5 Å². The Labute approximate surface area is 176 Å². The Hall–Kier alpha value is -2.25. The summed E-state index contributed by atoms with van der Waals surface area (Å²) in [5.74, 6) is 0.151. The van der Waals surface area contributed by atoms with Crippen LogP contribution in [0.5, 0.6) is 0 Å². The first-order chi connectivity index (χ1) is 13.8. The van der Waals surface area contributed by atoms with Gasteiger partial charge in [-0.1, -0.05) is 26.0 Å². The van der Waals surface area contributed by atoms with Gasteiger partial charge in [-0.05, 0) is 49.9 Å². The molecule has 0 spiro atoms. The Bertz CT molecular complexity index is 860. The van der Waals surface area contributed by atoms with Crippen LogP contribution in [0, 0.1) is 18.8 Å². The zero-order valence-corrected chi connectivity index (χ0v) is 18.2. The number of thiazole rings is 1. The van der Waals surface area contributed by atoms with E-state index in [-0.39, 0.29) is 17.7 Å². The molecule has 1 aromatic heterocycles. The highest BCUT2D eigenvalue weighted by molar-refractivity contribution is 7.13. The quantitative estimate of drug-likeness (QED) is 0.724. The first-order valence-corrected chi connectivity index (χ1v) is 11.0. The minimum Gasteiger partial charge on any atom is -0.369 e. The molecule has 0 saturated carbocycles. The lowest BCUT2D eigenvalue weighted by molar-refractivity contribution is -0.123. The number of hydrogen-bond donors (Lipinski definition) is 2. The number of piperidine rings is 1. The molecule has 1 aromatic carbocycles. The van der Waals surface area contributed by atoms with Gasteiger partial charge in [-0.2, -0.15) is 0 Å². The standard InChI is InChI=1S/C22H30N4O2S/c1-14(2)11-19-24-15(3)20(29-19)22(28)25-18-8-6-16(7-9-18)12-26-10-4-5-17(13-26)21(23)27/h6-9,14,17H,4-5,10-13H2,1-3H3,(H2,23,27)(H,25,28). The molecule has 1 saturated heterocycles. The Morgan fingerprint density at radius 2 is 2.03 bits per heavy atom. The third-order valence-corrected chi connectivity index (χ3v) is 6.33. The predicted octanol–water partition coefficient (Wildman–Crippen LogP) is 3.60. The number of nitrogens with zero attached hydrogens (tertiary/aromatic N) is 2. The van der Waals surface area contributed by atoms with Crippen molar-refractivity contribution in [2.45, 2.75) is 46.6 Å². The molecule has 1 unspecified atom stereocenters. The van der Waals surface area contributed by atoms with Crippen molar-refractivity contribution in [2.75, 3.05) is 18.4 Å². The molecule has 29 heavy (non-hydrogen) atoms. The maximum Gasteiger partial charge on any atom is 0.267 e. The molecule has 1 aliphatic rings. The fourth-order valence-corrected chi connectivity index (χ4v) is 4.84. The molecule has 7 heteroatoms. The van der Waals surface area contributed by atoms with E-state index in [9.17, 15) is 9.59 Å². The summed E-state index contributed by atoms with van der Waals surface area (Å²) >= 11 is 1.48. The number of carbonyl (C=O) groups is 2. The summed E-state index contributed by atoms with van der Waals surface area (Å²) in [5.41, 5.74) is 8.17. The second-order valence-electron chi connectivity index (χ2n) is 8.25. The highest BCUT2D eigenvalue weighted by Crippen LogP contribution is 2.23. The number of primary amides is 1. The normalized spacial score (nSPS) is 17.4. The Kier molecular flexibility index (Phi) is 7.03. The van der Waals surface area contributed by atoms with E-state index in [1.165, 1.54) is 11.3 Å². The number of nitrogens with one attached hydrogen (secondary N) is 1. The first-order valence-electron chi connectivity index (χ1n) is 10.2. The molecule has 6 nitrogen and oxygen atoms in total. The highest BCUT2D eigenvalue weighted by atomic mass is 32.1. The molecule has 2 amide bonds. The maximum absolute atomic E-state index is 12.6. The van der Waals surface area contributed by atoms with Crippen molar-refractivity contribution in [3.05, 3.63) is 45.4 Å². The number of carbonyl (C=O) groups excluding carboxylic acids is 2. The van der Waals surface area contributed by atoms with Crippen LogP contribution in [-0.2, 0) is 17.8 Å². The lowest BCUT2D eigenvalue weighted by Crippen LogP contribution is -2.40. The van der Waals surface area contributed by atoms with Gasteiger partial charge < -0.3 is 11.1 Å². The summed E-state index contributed by atoms with van der Waals surface area (Å²) < 4.78 is 0. The molecule has 0 bridgehead atoms. The van der Waals surface area contributed by atoms with E-state index in [0.29, 0.717) is 10.8 Å². The van der Waals surface area contributed by atoms with Crippen LogP contribution in [0.2, 0.25) is 0 Å². The molecular weight excluding hydrogens is 384 g/mol. The molecule has 156 valence electrons. The fourth-order valence-electron chi connectivity index (χ4n) is 3.67. The fraction of sp³-hybridized carbons (Fsp3) is 0.500. The molecular formula is C22H30N4O2S. The summed E-state index contributed by atoms with van der Waals surface area (Å²) in [6.07, 6.45) is 2.77. The van der Waals surface area contributed by atoms with E-state index in [4.69, 9.17) is 5.73 Å².